The Balaban J connectivity index is 2.93. The molecule has 0 spiro atoms. The fraction of sp³-hybridized carbons (Fsp3) is 0.600. The van der Waals surface area contributed by atoms with Crippen LogP contribution in [-0.4, -0.2) is 41.3 Å². The molecule has 0 radical (unpaired) electrons. The third-order valence-electron chi connectivity index (χ3n) is 1.93. The van der Waals surface area contributed by atoms with Gasteiger partial charge in [0.25, 0.3) is 0 Å². The van der Waals surface area contributed by atoms with Crippen LogP contribution in [0.4, 0.5) is 11.8 Å². The van der Waals surface area contributed by atoms with E-state index in [0.717, 1.165) is 0 Å². The number of aromatic nitrogens is 2. The molecule has 0 unspecified atom stereocenters. The van der Waals surface area contributed by atoms with Crippen molar-refractivity contribution < 1.29 is 5.11 Å². The molecule has 6 heteroatoms. The van der Waals surface area contributed by atoms with Crippen LogP contribution in [-0.2, 0) is 0 Å². The quantitative estimate of drug-likeness (QED) is 0.838. The maximum absolute atomic E-state index is 9.72. The minimum absolute atomic E-state index is 0.437. The molecule has 90 valence electrons. The van der Waals surface area contributed by atoms with E-state index in [1.54, 1.807) is 25.8 Å². The Morgan fingerprint density at radius 1 is 1.56 bits per heavy atom. The summed E-state index contributed by atoms with van der Waals surface area (Å²) < 4.78 is 0. The first-order valence-electron chi connectivity index (χ1n) is 4.97. The molecule has 0 aliphatic heterocycles. The Hall–Kier alpha value is -1.07. The maximum Gasteiger partial charge on any atom is 0.224 e. The Morgan fingerprint density at radius 2 is 2.19 bits per heavy atom. The summed E-state index contributed by atoms with van der Waals surface area (Å²) in [6.45, 7) is 3.90. The van der Waals surface area contributed by atoms with Crippen LogP contribution in [0.15, 0.2) is 6.20 Å². The number of likely N-dealkylation sites (N-methyl/N-ethyl adjacent to an activating group) is 1. The molecule has 5 nitrogen and oxygen atoms in total. The van der Waals surface area contributed by atoms with Crippen molar-refractivity contribution in [1.82, 2.24) is 9.97 Å². The third-order valence-corrected chi connectivity index (χ3v) is 2.20. The van der Waals surface area contributed by atoms with E-state index in [2.05, 4.69) is 15.3 Å². The van der Waals surface area contributed by atoms with E-state index in [-0.39, 0.29) is 0 Å². The van der Waals surface area contributed by atoms with Crippen LogP contribution in [0.2, 0.25) is 5.02 Å². The van der Waals surface area contributed by atoms with Gasteiger partial charge in [-0.25, -0.2) is 4.98 Å². The minimum Gasteiger partial charge on any atom is -0.389 e. The van der Waals surface area contributed by atoms with Crippen LogP contribution >= 0.6 is 11.6 Å². The fourth-order valence-corrected chi connectivity index (χ4v) is 1.64. The summed E-state index contributed by atoms with van der Waals surface area (Å²) >= 11 is 6.00. The van der Waals surface area contributed by atoms with E-state index >= 15 is 0 Å². The highest BCUT2D eigenvalue weighted by Crippen LogP contribution is 2.23. The second kappa shape index (κ2) is 4.84. The summed E-state index contributed by atoms with van der Waals surface area (Å²) in [7, 11) is 3.56. The molecule has 0 atom stereocenters. The van der Waals surface area contributed by atoms with E-state index in [1.807, 2.05) is 7.05 Å². The predicted molar refractivity (Wildman–Crippen MR) is 66.2 cm³/mol. The molecule has 2 N–H and O–H groups in total. The zero-order valence-electron chi connectivity index (χ0n) is 9.95. The topological polar surface area (TPSA) is 61.3 Å². The van der Waals surface area contributed by atoms with Gasteiger partial charge in [-0.2, -0.15) is 4.98 Å². The molecule has 0 bridgehead atoms. The average molecular weight is 245 g/mol. The van der Waals surface area contributed by atoms with Crippen LogP contribution in [0.5, 0.6) is 0 Å². The van der Waals surface area contributed by atoms with Crippen molar-refractivity contribution in [2.75, 3.05) is 30.9 Å². The Morgan fingerprint density at radius 3 is 2.69 bits per heavy atom. The number of nitrogens with zero attached hydrogens (tertiary/aromatic N) is 3. The van der Waals surface area contributed by atoms with Crippen molar-refractivity contribution in [3.8, 4) is 0 Å². The molecule has 0 amide bonds. The molecule has 1 aromatic heterocycles. The Kier molecular flexibility index (Phi) is 3.93. The first kappa shape index (κ1) is 13.0. The number of halogens is 1. The molecule has 1 aromatic rings. The highest BCUT2D eigenvalue weighted by molar-refractivity contribution is 6.32. The molecule has 16 heavy (non-hydrogen) atoms. The predicted octanol–water partition coefficient (Wildman–Crippen LogP) is 1.38. The molecular formula is C10H17ClN4O. The monoisotopic (exact) mass is 244 g/mol. The van der Waals surface area contributed by atoms with Gasteiger partial charge in [-0.1, -0.05) is 11.6 Å². The second-order valence-electron chi connectivity index (χ2n) is 4.28. The third kappa shape index (κ3) is 3.50. The van der Waals surface area contributed by atoms with Crippen molar-refractivity contribution in [2.24, 2.45) is 0 Å². The summed E-state index contributed by atoms with van der Waals surface area (Å²) in [4.78, 5) is 10.0. The Bertz CT molecular complexity index is 364. The zero-order valence-corrected chi connectivity index (χ0v) is 10.7. The fourth-order valence-electron chi connectivity index (χ4n) is 1.40. The summed E-state index contributed by atoms with van der Waals surface area (Å²) in [6.07, 6.45) is 1.54. The molecule has 1 heterocycles. The largest absolute Gasteiger partial charge is 0.389 e. The van der Waals surface area contributed by atoms with Gasteiger partial charge in [0, 0.05) is 20.6 Å². The van der Waals surface area contributed by atoms with Crippen molar-refractivity contribution in [1.29, 1.82) is 0 Å². The first-order chi connectivity index (χ1) is 7.33. The lowest BCUT2D eigenvalue weighted by Gasteiger charge is -2.26. The molecular weight excluding hydrogens is 228 g/mol. The van der Waals surface area contributed by atoms with Crippen LogP contribution in [0.25, 0.3) is 0 Å². The van der Waals surface area contributed by atoms with Crippen molar-refractivity contribution >= 4 is 23.4 Å². The molecule has 0 aliphatic rings. The summed E-state index contributed by atoms with van der Waals surface area (Å²) in [5, 5.41) is 13.0. The van der Waals surface area contributed by atoms with Gasteiger partial charge in [0.15, 0.2) is 5.82 Å². The van der Waals surface area contributed by atoms with Gasteiger partial charge in [-0.05, 0) is 13.8 Å². The van der Waals surface area contributed by atoms with Gasteiger partial charge in [0.2, 0.25) is 5.95 Å². The molecule has 0 aromatic carbocycles. The van der Waals surface area contributed by atoms with Gasteiger partial charge < -0.3 is 15.3 Å². The molecule has 0 saturated carbocycles. The zero-order chi connectivity index (χ0) is 12.3. The maximum atomic E-state index is 9.72. The number of hydrogen-bond donors (Lipinski definition) is 2. The van der Waals surface area contributed by atoms with E-state index < -0.39 is 5.60 Å². The molecule has 0 fully saturated rings. The van der Waals surface area contributed by atoms with Crippen LogP contribution < -0.4 is 10.2 Å². The van der Waals surface area contributed by atoms with Crippen molar-refractivity contribution in [3.05, 3.63) is 11.2 Å². The van der Waals surface area contributed by atoms with E-state index in [0.29, 0.717) is 23.3 Å². The smallest absolute Gasteiger partial charge is 0.224 e. The van der Waals surface area contributed by atoms with Crippen LogP contribution in [0.3, 0.4) is 0 Å². The van der Waals surface area contributed by atoms with Gasteiger partial charge in [-0.15, -0.1) is 0 Å². The van der Waals surface area contributed by atoms with Crippen LogP contribution in [0, 0.1) is 0 Å². The Labute approximate surface area is 100 Å². The van der Waals surface area contributed by atoms with E-state index in [1.165, 1.54) is 6.20 Å². The first-order valence-corrected chi connectivity index (χ1v) is 5.35. The summed E-state index contributed by atoms with van der Waals surface area (Å²) in [6, 6.07) is 0. The van der Waals surface area contributed by atoms with Crippen LogP contribution in [0.1, 0.15) is 13.8 Å². The number of aliphatic hydroxyl groups is 1. The lowest BCUT2D eigenvalue weighted by molar-refractivity contribution is 0.0884. The lowest BCUT2D eigenvalue weighted by atomic mass is 10.1. The SMILES string of the molecule is CNc1ncc(Cl)c(N(C)CC(C)(C)O)n1. The molecule has 1 rings (SSSR count). The van der Waals surface area contributed by atoms with Gasteiger partial charge in [-0.3, -0.25) is 0 Å². The summed E-state index contributed by atoms with van der Waals surface area (Å²) in [5.41, 5.74) is -0.803. The standard InChI is InChI=1S/C10H17ClN4O/c1-10(2,16)6-15(4)8-7(11)5-13-9(12-3)14-8/h5,16H,6H2,1-4H3,(H,12,13,14). The second-order valence-corrected chi connectivity index (χ2v) is 4.69. The van der Waals surface area contributed by atoms with Crippen molar-refractivity contribution in [2.45, 2.75) is 19.4 Å². The van der Waals surface area contributed by atoms with E-state index in [9.17, 15) is 5.11 Å². The van der Waals surface area contributed by atoms with Crippen molar-refractivity contribution in [3.63, 3.8) is 0 Å². The van der Waals surface area contributed by atoms with E-state index in [4.69, 9.17) is 11.6 Å². The highest BCUT2D eigenvalue weighted by Gasteiger charge is 2.18. The normalized spacial score (nSPS) is 11.4. The molecule has 0 aliphatic carbocycles. The highest BCUT2D eigenvalue weighted by atomic mass is 35.5. The lowest BCUT2D eigenvalue weighted by Crippen LogP contribution is -2.36. The summed E-state index contributed by atoms with van der Waals surface area (Å²) in [5.74, 6) is 1.10. The average Bonchev–Trinajstić information content (AvgIpc) is 2.15. The number of anilines is 2. The number of hydrogen-bond acceptors (Lipinski definition) is 5. The number of nitrogens with one attached hydrogen (secondary N) is 1. The number of rotatable bonds is 4. The minimum atomic E-state index is -0.803. The van der Waals surface area contributed by atoms with Gasteiger partial charge in [0.1, 0.15) is 5.02 Å². The van der Waals surface area contributed by atoms with Gasteiger partial charge in [0.05, 0.1) is 11.8 Å². The van der Waals surface area contributed by atoms with Gasteiger partial charge >= 0.3 is 0 Å². The molecule has 0 saturated heterocycles.